The van der Waals surface area contributed by atoms with Gasteiger partial charge in [0, 0.05) is 10.8 Å². The topological polar surface area (TPSA) is 0 Å². The van der Waals surface area contributed by atoms with Crippen molar-refractivity contribution in [3.63, 3.8) is 0 Å². The standard InChI is InChI=1S/C20H14/c1(3-19-13-7-5-8(13)15(19)9(5)14(7)19)2-4-20-16-10-6-11(16)18(20)12(6)17(10)20/h5-18H. The van der Waals surface area contributed by atoms with Crippen LogP contribution < -0.4 is 0 Å². The van der Waals surface area contributed by atoms with Crippen LogP contribution in [0.4, 0.5) is 0 Å². The van der Waals surface area contributed by atoms with E-state index in [2.05, 4.69) is 23.7 Å². The summed E-state index contributed by atoms with van der Waals surface area (Å²) in [7, 11) is 0. The lowest BCUT2D eigenvalue weighted by molar-refractivity contribution is -0.596. The minimum atomic E-state index is 0.565. The molecule has 0 atom stereocenters. The molecule has 0 aromatic carbocycles. The second-order valence-corrected chi connectivity index (χ2v) is 10.1. The van der Waals surface area contributed by atoms with Gasteiger partial charge in [0.2, 0.25) is 0 Å². The van der Waals surface area contributed by atoms with Gasteiger partial charge >= 0.3 is 0 Å². The van der Waals surface area contributed by atoms with Crippen LogP contribution in [0.25, 0.3) is 0 Å². The van der Waals surface area contributed by atoms with E-state index >= 15 is 0 Å². The summed E-state index contributed by atoms with van der Waals surface area (Å²) in [6, 6.07) is 0. The second kappa shape index (κ2) is 1.63. The molecule has 0 nitrogen and oxygen atoms in total. The highest BCUT2D eigenvalue weighted by atomic mass is 15.1. The normalized spacial score (nSPS) is 95.6. The van der Waals surface area contributed by atoms with Crippen LogP contribution >= 0.6 is 0 Å². The van der Waals surface area contributed by atoms with E-state index in [1.54, 1.807) is 0 Å². The molecule has 12 aliphatic carbocycles. The summed E-state index contributed by atoms with van der Waals surface area (Å²) in [5.41, 5.74) is 1.13. The summed E-state index contributed by atoms with van der Waals surface area (Å²) >= 11 is 0. The van der Waals surface area contributed by atoms with Crippen molar-refractivity contribution in [1.82, 2.24) is 0 Å². The Morgan fingerprint density at radius 2 is 0.700 bits per heavy atom. The molecule has 12 aliphatic rings. The Labute approximate surface area is 118 Å². The van der Waals surface area contributed by atoms with Crippen molar-refractivity contribution in [2.45, 2.75) is 0 Å². The molecule has 0 heteroatoms. The van der Waals surface area contributed by atoms with E-state index in [1.807, 2.05) is 0 Å². The molecule has 0 unspecified atom stereocenters. The fourth-order valence-electron chi connectivity index (χ4n) is 11.6. The molecule has 0 radical (unpaired) electrons. The van der Waals surface area contributed by atoms with Gasteiger partial charge in [0.05, 0.1) is 0 Å². The maximum atomic E-state index is 3.70. The van der Waals surface area contributed by atoms with Crippen molar-refractivity contribution in [3.05, 3.63) is 0 Å². The van der Waals surface area contributed by atoms with Gasteiger partial charge in [0.1, 0.15) is 0 Å². The zero-order valence-electron chi connectivity index (χ0n) is 11.1. The summed E-state index contributed by atoms with van der Waals surface area (Å²) in [6.45, 7) is 0. The van der Waals surface area contributed by atoms with Crippen molar-refractivity contribution in [2.24, 2.45) is 93.7 Å². The molecule has 0 bridgehead atoms. The molecule has 12 fully saturated rings. The molecule has 0 aliphatic heterocycles. The van der Waals surface area contributed by atoms with E-state index < -0.39 is 0 Å². The molecule has 20 heavy (non-hydrogen) atoms. The first kappa shape index (κ1) is 7.94. The molecule has 0 saturated heterocycles. The Bertz CT molecular complexity index is 678. The van der Waals surface area contributed by atoms with Crippen molar-refractivity contribution in [1.29, 1.82) is 0 Å². The van der Waals surface area contributed by atoms with Crippen LogP contribution in [-0.4, -0.2) is 0 Å². The second-order valence-electron chi connectivity index (χ2n) is 10.1. The predicted octanol–water partition coefficient (Wildman–Crippen LogP) is 1.73. The van der Waals surface area contributed by atoms with Crippen LogP contribution in [0.3, 0.4) is 0 Å². The molecular formula is C20H14. The fourth-order valence-corrected chi connectivity index (χ4v) is 11.6. The average molecular weight is 254 g/mol. The van der Waals surface area contributed by atoms with Gasteiger partial charge in [-0.2, -0.15) is 0 Å². The predicted molar refractivity (Wildman–Crippen MR) is 69.3 cm³/mol. The summed E-state index contributed by atoms with van der Waals surface area (Å²) < 4.78 is 0. The monoisotopic (exact) mass is 254 g/mol. The van der Waals surface area contributed by atoms with Crippen LogP contribution in [0.15, 0.2) is 0 Å². The summed E-state index contributed by atoms with van der Waals surface area (Å²) in [5.74, 6) is 30.0. The third-order valence-electron chi connectivity index (χ3n) is 11.6. The van der Waals surface area contributed by atoms with Crippen LogP contribution in [0.5, 0.6) is 0 Å². The zero-order valence-corrected chi connectivity index (χ0v) is 11.1. The lowest BCUT2D eigenvalue weighted by Gasteiger charge is -3.06. The summed E-state index contributed by atoms with van der Waals surface area (Å²) in [6.07, 6.45) is 0. The van der Waals surface area contributed by atoms with E-state index in [-0.39, 0.29) is 0 Å². The molecule has 0 amide bonds. The fraction of sp³-hybridized carbons (Fsp3) is 0.800. The van der Waals surface area contributed by atoms with Gasteiger partial charge in [-0.3, -0.25) is 0 Å². The van der Waals surface area contributed by atoms with Gasteiger partial charge < -0.3 is 0 Å². The average Bonchev–Trinajstić information content (AvgIpc) is 2.52. The quantitative estimate of drug-likeness (QED) is 0.578. The van der Waals surface area contributed by atoms with Gasteiger partial charge in [0.15, 0.2) is 0 Å². The molecule has 12 saturated carbocycles. The summed E-state index contributed by atoms with van der Waals surface area (Å²) in [4.78, 5) is 0. The molecule has 0 heterocycles. The first-order valence-electron chi connectivity index (χ1n) is 8.98. The molecule has 0 aromatic heterocycles. The third-order valence-corrected chi connectivity index (χ3v) is 11.6. The minimum absolute atomic E-state index is 0.565. The Kier molecular flexibility index (Phi) is 0.646. The molecule has 94 valence electrons. The first-order chi connectivity index (χ1) is 9.94. The minimum Gasteiger partial charge on any atom is -0.0813 e. The number of hydrogen-bond acceptors (Lipinski definition) is 0. The lowest BCUT2D eigenvalue weighted by Crippen LogP contribution is -3.05. The van der Waals surface area contributed by atoms with Crippen molar-refractivity contribution >= 4 is 0 Å². The van der Waals surface area contributed by atoms with Crippen LogP contribution in [0.1, 0.15) is 0 Å². The molecule has 0 N–H and O–H groups in total. The highest BCUT2D eigenvalue weighted by molar-refractivity contribution is 5.59. The lowest BCUT2D eigenvalue weighted by atomic mass is 8.96. The molecular weight excluding hydrogens is 240 g/mol. The Balaban J connectivity index is 1.05. The third kappa shape index (κ3) is 0.330. The number of hydrogen-bond donors (Lipinski definition) is 0. The molecule has 0 spiro atoms. The largest absolute Gasteiger partial charge is 0.0813 e. The van der Waals surface area contributed by atoms with E-state index in [9.17, 15) is 0 Å². The maximum Gasteiger partial charge on any atom is 0.0426 e. The van der Waals surface area contributed by atoms with Crippen LogP contribution in [-0.2, 0) is 0 Å². The van der Waals surface area contributed by atoms with Crippen LogP contribution in [0, 0.1) is 117 Å². The van der Waals surface area contributed by atoms with Gasteiger partial charge in [-0.1, -0.05) is 11.8 Å². The van der Waals surface area contributed by atoms with Gasteiger partial charge in [-0.25, -0.2) is 0 Å². The smallest absolute Gasteiger partial charge is 0.0426 e. The van der Waals surface area contributed by atoms with Gasteiger partial charge in [-0.15, -0.1) is 0 Å². The van der Waals surface area contributed by atoms with Gasteiger partial charge in [0.25, 0.3) is 0 Å². The number of rotatable bonds is 0. The van der Waals surface area contributed by atoms with E-state index in [4.69, 9.17) is 0 Å². The highest BCUT2D eigenvalue weighted by Crippen LogP contribution is 3.06. The Hall–Kier alpha value is -0.880. The Morgan fingerprint density at radius 3 is 1.00 bits per heavy atom. The Morgan fingerprint density at radius 1 is 0.400 bits per heavy atom. The zero-order chi connectivity index (χ0) is 11.9. The SMILES string of the molecule is C(C#CC12C3C4C5C3C1C5C42)#CC12C3C4C5C3C1C5C42. The molecule has 0 aromatic rings. The van der Waals surface area contributed by atoms with Crippen molar-refractivity contribution in [2.75, 3.05) is 0 Å². The molecule has 12 rings (SSSR count). The first-order valence-corrected chi connectivity index (χ1v) is 8.98. The van der Waals surface area contributed by atoms with E-state index in [0.717, 1.165) is 35.5 Å². The maximum absolute atomic E-state index is 3.70. The van der Waals surface area contributed by atoms with Crippen LogP contribution in [0.2, 0.25) is 0 Å². The van der Waals surface area contributed by atoms with E-state index in [0.29, 0.717) is 10.8 Å². The van der Waals surface area contributed by atoms with E-state index in [1.165, 1.54) is 47.3 Å². The highest BCUT2D eigenvalue weighted by Gasteiger charge is 3.05. The van der Waals surface area contributed by atoms with Crippen molar-refractivity contribution in [3.8, 4) is 23.7 Å². The van der Waals surface area contributed by atoms with Crippen molar-refractivity contribution < 1.29 is 0 Å². The van der Waals surface area contributed by atoms with Gasteiger partial charge in [-0.05, 0) is 94.7 Å². The summed E-state index contributed by atoms with van der Waals surface area (Å²) in [5, 5.41) is 0.